The van der Waals surface area contributed by atoms with Crippen molar-refractivity contribution in [1.82, 2.24) is 4.57 Å². The molecule has 2 aliphatic carbocycles. The largest absolute Gasteiger partial charge is 0.342 e. The Balaban J connectivity index is 1.11. The minimum atomic E-state index is -0.584. The van der Waals surface area contributed by atoms with Gasteiger partial charge in [0.15, 0.2) is 0 Å². The van der Waals surface area contributed by atoms with Gasteiger partial charge in [0, 0.05) is 51.6 Å². The summed E-state index contributed by atoms with van der Waals surface area (Å²) in [6.07, 6.45) is 0. The third kappa shape index (κ3) is 5.42. The van der Waals surface area contributed by atoms with E-state index in [0.29, 0.717) is 0 Å². The molecule has 1 atom stereocenters. The van der Waals surface area contributed by atoms with Crippen molar-refractivity contribution in [2.75, 3.05) is 9.80 Å². The molecule has 2 aliphatic rings. The molecule has 3 nitrogen and oxygen atoms in total. The van der Waals surface area contributed by atoms with Crippen LogP contribution in [0.15, 0.2) is 243 Å². The lowest BCUT2D eigenvalue weighted by atomic mass is 9.70. The van der Waals surface area contributed by atoms with Crippen LogP contribution >= 0.6 is 0 Å². The third-order valence-electron chi connectivity index (χ3n) is 14.0. The zero-order valence-corrected chi connectivity index (χ0v) is 35.9. The second kappa shape index (κ2) is 14.6. The highest BCUT2D eigenvalue weighted by molar-refractivity contribution is 6.14. The minimum absolute atomic E-state index is 0.584. The number of rotatable bonds is 7. The van der Waals surface area contributed by atoms with Crippen molar-refractivity contribution in [3.63, 3.8) is 0 Å². The number of para-hydroxylation sites is 5. The quantitative estimate of drug-likeness (QED) is 0.159. The van der Waals surface area contributed by atoms with E-state index in [1.165, 1.54) is 77.4 Å². The van der Waals surface area contributed by atoms with E-state index in [2.05, 4.69) is 264 Å². The Morgan fingerprint density at radius 3 is 1.42 bits per heavy atom. The normalized spacial score (nSPS) is 14.3. The van der Waals surface area contributed by atoms with Crippen molar-refractivity contribution >= 4 is 55.9 Å². The molecule has 11 aromatic rings. The SMILES string of the molecule is Cn1c2ccccc2c2cccc(N(c3ccc4c(c3)C3(c5ccccc5-c5ccc(N(c6ccccc6)c6ccccc6)cc53)c3ccccc3-4)c3ccccc3-c3ccccc3)c21. The topological polar surface area (TPSA) is 11.4 Å². The lowest BCUT2D eigenvalue weighted by Crippen LogP contribution is -2.26. The lowest BCUT2D eigenvalue weighted by Gasteiger charge is -2.34. The van der Waals surface area contributed by atoms with Gasteiger partial charge >= 0.3 is 0 Å². The first-order valence-corrected chi connectivity index (χ1v) is 22.5. The Morgan fingerprint density at radius 2 is 0.785 bits per heavy atom. The molecule has 0 saturated heterocycles. The Labute approximate surface area is 379 Å². The Hall–Kier alpha value is -8.40. The number of fused-ring (bicyclic) bond motifs is 13. The van der Waals surface area contributed by atoms with E-state index in [-0.39, 0.29) is 0 Å². The minimum Gasteiger partial charge on any atom is -0.342 e. The molecule has 13 rings (SSSR count). The predicted octanol–water partition coefficient (Wildman–Crippen LogP) is 16.3. The number of hydrogen-bond acceptors (Lipinski definition) is 2. The molecule has 10 aromatic carbocycles. The maximum Gasteiger partial charge on any atom is 0.0733 e. The van der Waals surface area contributed by atoms with Crippen LogP contribution in [0.25, 0.3) is 55.2 Å². The molecule has 0 radical (unpaired) electrons. The second-order valence-electron chi connectivity index (χ2n) is 17.3. The van der Waals surface area contributed by atoms with E-state index >= 15 is 0 Å². The summed E-state index contributed by atoms with van der Waals surface area (Å²) in [5.74, 6) is 0. The molecular formula is C62H43N3. The summed E-state index contributed by atoms with van der Waals surface area (Å²) >= 11 is 0. The van der Waals surface area contributed by atoms with E-state index in [9.17, 15) is 0 Å². The van der Waals surface area contributed by atoms with E-state index in [4.69, 9.17) is 0 Å². The zero-order valence-electron chi connectivity index (χ0n) is 35.9. The monoisotopic (exact) mass is 829 g/mol. The molecule has 306 valence electrons. The summed E-state index contributed by atoms with van der Waals surface area (Å²) < 4.78 is 2.37. The number of nitrogens with zero attached hydrogens (tertiary/aromatic N) is 3. The smallest absolute Gasteiger partial charge is 0.0733 e. The van der Waals surface area contributed by atoms with Crippen LogP contribution in [0.3, 0.4) is 0 Å². The van der Waals surface area contributed by atoms with Crippen LogP contribution in [-0.4, -0.2) is 4.57 Å². The fourth-order valence-corrected chi connectivity index (χ4v) is 11.3. The van der Waals surface area contributed by atoms with Crippen LogP contribution in [0.4, 0.5) is 34.1 Å². The third-order valence-corrected chi connectivity index (χ3v) is 14.0. The van der Waals surface area contributed by atoms with Gasteiger partial charge in [-0.25, -0.2) is 0 Å². The van der Waals surface area contributed by atoms with Crippen LogP contribution in [0.1, 0.15) is 22.3 Å². The van der Waals surface area contributed by atoms with Crippen molar-refractivity contribution in [3.8, 4) is 33.4 Å². The predicted molar refractivity (Wildman–Crippen MR) is 272 cm³/mol. The van der Waals surface area contributed by atoms with Crippen molar-refractivity contribution in [2.24, 2.45) is 7.05 Å². The molecule has 0 fully saturated rings. The van der Waals surface area contributed by atoms with Gasteiger partial charge in [-0.2, -0.15) is 0 Å². The highest BCUT2D eigenvalue weighted by Crippen LogP contribution is 2.64. The van der Waals surface area contributed by atoms with Gasteiger partial charge in [0.1, 0.15) is 0 Å². The van der Waals surface area contributed by atoms with Crippen LogP contribution < -0.4 is 9.80 Å². The van der Waals surface area contributed by atoms with Gasteiger partial charge in [-0.1, -0.05) is 176 Å². The molecule has 0 aliphatic heterocycles. The second-order valence-corrected chi connectivity index (χ2v) is 17.3. The summed E-state index contributed by atoms with van der Waals surface area (Å²) in [7, 11) is 2.21. The van der Waals surface area contributed by atoms with Crippen LogP contribution in [-0.2, 0) is 12.5 Å². The molecule has 3 heteroatoms. The van der Waals surface area contributed by atoms with Gasteiger partial charge in [-0.05, 0) is 117 Å². The lowest BCUT2D eigenvalue weighted by molar-refractivity contribution is 0.793. The maximum atomic E-state index is 2.52. The summed E-state index contributed by atoms with van der Waals surface area (Å²) in [6.45, 7) is 0. The Morgan fingerprint density at radius 1 is 0.323 bits per heavy atom. The van der Waals surface area contributed by atoms with Crippen LogP contribution in [0.5, 0.6) is 0 Å². The Bertz CT molecular complexity index is 3570. The number of anilines is 6. The van der Waals surface area contributed by atoms with Gasteiger partial charge in [-0.15, -0.1) is 0 Å². The molecule has 1 spiro atoms. The van der Waals surface area contributed by atoms with Crippen molar-refractivity contribution in [3.05, 3.63) is 265 Å². The Kier molecular flexibility index (Phi) is 8.34. The van der Waals surface area contributed by atoms with Crippen LogP contribution in [0.2, 0.25) is 0 Å². The first-order chi connectivity index (χ1) is 32.2. The van der Waals surface area contributed by atoms with E-state index in [0.717, 1.165) is 34.1 Å². The van der Waals surface area contributed by atoms with Crippen molar-refractivity contribution in [1.29, 1.82) is 0 Å². The van der Waals surface area contributed by atoms with Crippen molar-refractivity contribution < 1.29 is 0 Å². The maximum absolute atomic E-state index is 2.52. The van der Waals surface area contributed by atoms with Gasteiger partial charge in [0.2, 0.25) is 0 Å². The van der Waals surface area contributed by atoms with E-state index in [1.54, 1.807) is 0 Å². The molecule has 1 aromatic heterocycles. The standard InChI is InChI=1S/C62H43N3/c1-63-58-33-17-14-29-52(58)53-30-19-35-60(61(53)63)65(59-34-18-13-26-47(59)42-20-5-2-6-21-42)46-37-39-51-49-28-12-16-32-55(49)62(57(51)41-46)54-31-15-11-27-48(54)50-38-36-45(40-56(50)62)64(43-22-7-3-8-23-43)44-24-9-4-10-25-44/h2-41H,1H3. The first-order valence-electron chi connectivity index (χ1n) is 22.5. The summed E-state index contributed by atoms with van der Waals surface area (Å²) in [5, 5.41) is 2.49. The van der Waals surface area contributed by atoms with Crippen LogP contribution in [0, 0.1) is 0 Å². The molecule has 0 N–H and O–H groups in total. The first kappa shape index (κ1) is 37.2. The zero-order chi connectivity index (χ0) is 43.1. The van der Waals surface area contributed by atoms with Gasteiger partial charge in [-0.3, -0.25) is 0 Å². The van der Waals surface area contributed by atoms with Gasteiger partial charge < -0.3 is 14.4 Å². The molecule has 0 saturated carbocycles. The van der Waals surface area contributed by atoms with Gasteiger partial charge in [0.05, 0.1) is 22.3 Å². The number of hydrogen-bond donors (Lipinski definition) is 0. The summed E-state index contributed by atoms with van der Waals surface area (Å²) in [4.78, 5) is 4.91. The molecule has 65 heavy (non-hydrogen) atoms. The summed E-state index contributed by atoms with van der Waals surface area (Å²) in [5.41, 5.74) is 21.2. The highest BCUT2D eigenvalue weighted by Gasteiger charge is 2.52. The van der Waals surface area contributed by atoms with E-state index in [1.807, 2.05) is 0 Å². The molecule has 1 heterocycles. The van der Waals surface area contributed by atoms with Crippen molar-refractivity contribution in [2.45, 2.75) is 5.41 Å². The summed E-state index contributed by atoms with van der Waals surface area (Å²) in [6, 6.07) is 89.4. The average Bonchev–Trinajstić information content (AvgIpc) is 3.96. The fourth-order valence-electron chi connectivity index (χ4n) is 11.3. The number of benzene rings is 10. The molecular weight excluding hydrogens is 787 g/mol. The molecule has 0 bridgehead atoms. The highest BCUT2D eigenvalue weighted by atomic mass is 15.2. The fraction of sp³-hybridized carbons (Fsp3) is 0.0323. The van der Waals surface area contributed by atoms with E-state index < -0.39 is 5.41 Å². The average molecular weight is 830 g/mol. The number of aryl methyl sites for hydroxylation is 1. The number of aromatic nitrogens is 1. The molecule has 1 unspecified atom stereocenters. The van der Waals surface area contributed by atoms with Gasteiger partial charge in [0.25, 0.3) is 0 Å². The molecule has 0 amide bonds.